The van der Waals surface area contributed by atoms with Gasteiger partial charge in [0.15, 0.2) is 0 Å². The fourth-order valence-corrected chi connectivity index (χ4v) is 0.627. The number of thiol groups is 1. The highest BCUT2D eigenvalue weighted by molar-refractivity contribution is 7.84. The maximum atomic E-state index is 4.12. The first-order chi connectivity index (χ1) is 5.76. The molecule has 0 aliphatic heterocycles. The van der Waals surface area contributed by atoms with Crippen LogP contribution in [0, 0.1) is 0 Å². The lowest BCUT2D eigenvalue weighted by atomic mass is 10.3. The fourth-order valence-electron chi connectivity index (χ4n) is 0.482. The van der Waals surface area contributed by atoms with Gasteiger partial charge in [0.05, 0.1) is 5.70 Å². The van der Waals surface area contributed by atoms with Crippen LogP contribution < -0.4 is 0 Å². The van der Waals surface area contributed by atoms with Crippen LogP contribution in [-0.4, -0.2) is 6.72 Å². The minimum Gasteiger partial charge on any atom is -0.264 e. The molecule has 0 atom stereocenters. The van der Waals surface area contributed by atoms with E-state index in [9.17, 15) is 0 Å². The Morgan fingerprint density at radius 2 is 1.92 bits per heavy atom. The van der Waals surface area contributed by atoms with E-state index in [1.165, 1.54) is 0 Å². The van der Waals surface area contributed by atoms with Crippen molar-refractivity contribution in [1.29, 1.82) is 0 Å². The molecule has 12 heavy (non-hydrogen) atoms. The number of aliphatic imine (C=N–C) groups is 1. The van der Waals surface area contributed by atoms with Gasteiger partial charge in [0, 0.05) is 4.91 Å². The van der Waals surface area contributed by atoms with Gasteiger partial charge in [-0.25, -0.2) is 0 Å². The van der Waals surface area contributed by atoms with Crippen molar-refractivity contribution in [1.82, 2.24) is 0 Å². The minimum atomic E-state index is 0.744. The molecule has 0 aliphatic rings. The number of hydrogen-bond acceptors (Lipinski definition) is 2. The molecule has 0 spiro atoms. The number of hydrogen-bond donors (Lipinski definition) is 1. The van der Waals surface area contributed by atoms with Crippen LogP contribution >= 0.6 is 12.6 Å². The van der Waals surface area contributed by atoms with E-state index in [4.69, 9.17) is 0 Å². The molecule has 0 amide bonds. The Morgan fingerprint density at radius 3 is 2.17 bits per heavy atom. The maximum Gasteiger partial charge on any atom is 0.0752 e. The number of nitrogens with zero attached hydrogens (tertiary/aromatic N) is 1. The minimum absolute atomic E-state index is 0.744. The zero-order valence-electron chi connectivity index (χ0n) is 8.04. The molecule has 1 nitrogen and oxygen atoms in total. The fraction of sp³-hybridized carbons (Fsp3) is 0.300. The largest absolute Gasteiger partial charge is 0.264 e. The Hall–Kier alpha value is -0.760. The van der Waals surface area contributed by atoms with Crippen LogP contribution in [-0.2, 0) is 0 Å². The lowest BCUT2D eigenvalue weighted by Crippen LogP contribution is -1.73. The van der Waals surface area contributed by atoms with E-state index in [2.05, 4.69) is 30.9 Å². The van der Waals surface area contributed by atoms with E-state index < -0.39 is 0 Å². The second-order valence-corrected chi connectivity index (χ2v) is 2.11. The van der Waals surface area contributed by atoms with E-state index in [0.717, 1.165) is 10.6 Å². The van der Waals surface area contributed by atoms with Crippen LogP contribution in [0.3, 0.4) is 0 Å². The summed E-state index contributed by atoms with van der Waals surface area (Å²) < 4.78 is 0. The molecule has 0 aromatic heterocycles. The highest BCUT2D eigenvalue weighted by Crippen LogP contribution is 2.11. The average Bonchev–Trinajstić information content (AvgIpc) is 2.16. The highest BCUT2D eigenvalue weighted by atomic mass is 32.1. The molecule has 2 heteroatoms. The second kappa shape index (κ2) is 10.2. The van der Waals surface area contributed by atoms with Gasteiger partial charge in [-0.3, -0.25) is 4.99 Å². The van der Waals surface area contributed by atoms with Crippen molar-refractivity contribution in [3.05, 3.63) is 35.4 Å². The molecule has 0 bridgehead atoms. The molecule has 0 saturated carbocycles. The Morgan fingerprint density at radius 1 is 1.42 bits per heavy atom. The van der Waals surface area contributed by atoms with Gasteiger partial charge in [-0.2, -0.15) is 0 Å². The molecule has 0 radical (unpaired) electrons. The van der Waals surface area contributed by atoms with Gasteiger partial charge in [-0.15, -0.1) is 12.6 Å². The third-order valence-electron chi connectivity index (χ3n) is 0.951. The second-order valence-electron chi connectivity index (χ2n) is 1.63. The van der Waals surface area contributed by atoms with Crippen molar-refractivity contribution in [2.45, 2.75) is 20.8 Å². The third-order valence-corrected chi connectivity index (χ3v) is 1.36. The Labute approximate surface area is 81.0 Å². The van der Waals surface area contributed by atoms with Gasteiger partial charge < -0.3 is 0 Å². The van der Waals surface area contributed by atoms with Crippen LogP contribution in [0.15, 0.2) is 40.4 Å². The quantitative estimate of drug-likeness (QED) is 0.390. The molecule has 0 fully saturated rings. The predicted octanol–water partition coefficient (Wildman–Crippen LogP) is 3.62. The summed E-state index contributed by atoms with van der Waals surface area (Å²) in [6, 6.07) is 0. The van der Waals surface area contributed by atoms with Crippen molar-refractivity contribution in [3.8, 4) is 0 Å². The van der Waals surface area contributed by atoms with Crippen molar-refractivity contribution in [3.63, 3.8) is 0 Å². The standard InChI is InChI=1S/C8H11NS.C2H6/c1-4-6-7(9-3)8(10)5-2;1-2/h4-6,10H,2-3H2,1H3;1-2H3/b6-4-,8-7-;. The first-order valence-electron chi connectivity index (χ1n) is 3.91. The van der Waals surface area contributed by atoms with Crippen LogP contribution in [0.4, 0.5) is 0 Å². The topological polar surface area (TPSA) is 12.4 Å². The molecule has 0 N–H and O–H groups in total. The first kappa shape index (κ1) is 13.8. The van der Waals surface area contributed by atoms with Crippen molar-refractivity contribution >= 4 is 19.3 Å². The Bertz CT molecular complexity index is 190. The number of allylic oxidation sites excluding steroid dienone is 3. The van der Waals surface area contributed by atoms with Gasteiger partial charge >= 0.3 is 0 Å². The van der Waals surface area contributed by atoms with Crippen molar-refractivity contribution in [2.24, 2.45) is 4.99 Å². The smallest absolute Gasteiger partial charge is 0.0752 e. The van der Waals surface area contributed by atoms with E-state index >= 15 is 0 Å². The summed E-state index contributed by atoms with van der Waals surface area (Å²) in [5, 5.41) is 0. The summed E-state index contributed by atoms with van der Waals surface area (Å²) in [5.41, 5.74) is 0.751. The SMILES string of the molecule is C=C/C(S)=C(\C=C/C)N=C.CC. The van der Waals surface area contributed by atoms with Crippen LogP contribution in [0.25, 0.3) is 0 Å². The summed E-state index contributed by atoms with van der Waals surface area (Å²) in [4.78, 5) is 4.49. The molecule has 68 valence electrons. The molecule has 0 aliphatic carbocycles. The van der Waals surface area contributed by atoms with Crippen LogP contribution in [0.1, 0.15) is 20.8 Å². The Kier molecular flexibility index (Phi) is 11.8. The summed E-state index contributed by atoms with van der Waals surface area (Å²) in [6.07, 6.45) is 5.34. The number of rotatable bonds is 3. The zero-order chi connectivity index (χ0) is 9.98. The molecular weight excluding hydrogens is 166 g/mol. The Balaban J connectivity index is 0. The van der Waals surface area contributed by atoms with Gasteiger partial charge in [0.1, 0.15) is 0 Å². The zero-order valence-corrected chi connectivity index (χ0v) is 8.94. The van der Waals surface area contributed by atoms with Crippen molar-refractivity contribution in [2.75, 3.05) is 0 Å². The van der Waals surface area contributed by atoms with E-state index in [1.807, 2.05) is 32.9 Å². The molecule has 0 heterocycles. The molecular formula is C10H17NS. The van der Waals surface area contributed by atoms with E-state index in [1.54, 1.807) is 6.08 Å². The monoisotopic (exact) mass is 183 g/mol. The summed E-state index contributed by atoms with van der Waals surface area (Å²) in [5.74, 6) is 0. The molecule has 0 aromatic carbocycles. The van der Waals surface area contributed by atoms with E-state index in [-0.39, 0.29) is 0 Å². The molecule has 0 rings (SSSR count). The van der Waals surface area contributed by atoms with Gasteiger partial charge in [-0.05, 0) is 19.7 Å². The van der Waals surface area contributed by atoms with Gasteiger partial charge in [-0.1, -0.05) is 32.6 Å². The first-order valence-corrected chi connectivity index (χ1v) is 4.36. The summed E-state index contributed by atoms with van der Waals surface area (Å²) in [7, 11) is 0. The van der Waals surface area contributed by atoms with Gasteiger partial charge in [0.2, 0.25) is 0 Å². The summed E-state index contributed by atoms with van der Waals surface area (Å²) >= 11 is 4.12. The van der Waals surface area contributed by atoms with Gasteiger partial charge in [0.25, 0.3) is 0 Å². The predicted molar refractivity (Wildman–Crippen MR) is 61.9 cm³/mol. The van der Waals surface area contributed by atoms with Crippen LogP contribution in [0.5, 0.6) is 0 Å². The van der Waals surface area contributed by atoms with E-state index in [0.29, 0.717) is 0 Å². The normalized spacial score (nSPS) is 11.3. The molecule has 0 unspecified atom stereocenters. The molecule has 0 saturated heterocycles. The van der Waals surface area contributed by atoms with Crippen molar-refractivity contribution < 1.29 is 0 Å². The van der Waals surface area contributed by atoms with Crippen LogP contribution in [0.2, 0.25) is 0 Å². The molecule has 0 aromatic rings. The highest BCUT2D eigenvalue weighted by Gasteiger charge is 1.89. The summed E-state index contributed by atoms with van der Waals surface area (Å²) in [6.45, 7) is 12.9. The third kappa shape index (κ3) is 5.98. The average molecular weight is 183 g/mol. The maximum absolute atomic E-state index is 4.12. The lowest BCUT2D eigenvalue weighted by Gasteiger charge is -1.93. The lowest BCUT2D eigenvalue weighted by molar-refractivity contribution is 1.42.